The summed E-state index contributed by atoms with van der Waals surface area (Å²) in [5.41, 5.74) is 7.21. The molecule has 0 atom stereocenters. The molecule has 23 heavy (non-hydrogen) atoms. The maximum Gasteiger partial charge on any atom is 0.191 e. The number of aliphatic imine (C=N–C) groups is 1. The normalized spacial score (nSPS) is 15.8. The summed E-state index contributed by atoms with van der Waals surface area (Å²) in [5.74, 6) is 1.50. The number of nitrogens with zero attached hydrogens (tertiary/aromatic N) is 5. The van der Waals surface area contributed by atoms with Gasteiger partial charge in [0.2, 0.25) is 0 Å². The minimum absolute atomic E-state index is 0. The summed E-state index contributed by atoms with van der Waals surface area (Å²) in [7, 11) is 0. The Morgan fingerprint density at radius 1 is 1.17 bits per heavy atom. The van der Waals surface area contributed by atoms with E-state index < -0.39 is 0 Å². The summed E-state index contributed by atoms with van der Waals surface area (Å²) in [5, 5.41) is 0. The van der Waals surface area contributed by atoms with Gasteiger partial charge in [0.05, 0.1) is 6.54 Å². The molecule has 0 unspecified atom stereocenters. The maximum atomic E-state index is 6.17. The third kappa shape index (κ3) is 4.66. The van der Waals surface area contributed by atoms with E-state index in [1.54, 1.807) is 18.7 Å². The fraction of sp³-hybridized carbons (Fsp3) is 0.438. The Hall–Kier alpha value is -1.64. The number of nitrogens with two attached hydrogens (primary N) is 1. The van der Waals surface area contributed by atoms with Crippen LogP contribution < -0.4 is 5.73 Å². The van der Waals surface area contributed by atoms with E-state index in [1.807, 2.05) is 22.9 Å². The molecule has 1 aliphatic heterocycles. The van der Waals surface area contributed by atoms with Crippen LogP contribution in [0.1, 0.15) is 31.2 Å². The number of pyridine rings is 1. The van der Waals surface area contributed by atoms with Crippen molar-refractivity contribution in [3.8, 4) is 5.82 Å². The van der Waals surface area contributed by atoms with Crippen molar-refractivity contribution >= 4 is 29.9 Å². The lowest BCUT2D eigenvalue weighted by Gasteiger charge is -2.21. The van der Waals surface area contributed by atoms with Gasteiger partial charge in [0.15, 0.2) is 5.96 Å². The second-order valence-corrected chi connectivity index (χ2v) is 5.53. The number of likely N-dealkylation sites (tertiary alicyclic amines) is 1. The summed E-state index contributed by atoms with van der Waals surface area (Å²) in [6, 6.07) is 3.95. The van der Waals surface area contributed by atoms with E-state index in [0.717, 1.165) is 24.5 Å². The molecule has 0 saturated carbocycles. The quantitative estimate of drug-likeness (QED) is 0.465. The number of guanidine groups is 1. The van der Waals surface area contributed by atoms with Gasteiger partial charge in [0.25, 0.3) is 0 Å². The van der Waals surface area contributed by atoms with Crippen molar-refractivity contribution in [2.24, 2.45) is 10.7 Å². The first-order chi connectivity index (χ1) is 10.8. The molecule has 0 bridgehead atoms. The Bertz CT molecular complexity index is 617. The lowest BCUT2D eigenvalue weighted by Crippen LogP contribution is -2.38. The maximum absolute atomic E-state index is 6.17. The molecule has 1 saturated heterocycles. The molecule has 0 radical (unpaired) electrons. The summed E-state index contributed by atoms with van der Waals surface area (Å²) < 4.78 is 1.90. The van der Waals surface area contributed by atoms with Gasteiger partial charge in [-0.2, -0.15) is 0 Å². The number of halogens is 1. The number of hydrogen-bond donors (Lipinski definition) is 1. The van der Waals surface area contributed by atoms with Crippen LogP contribution in [0.25, 0.3) is 5.82 Å². The highest BCUT2D eigenvalue weighted by Gasteiger charge is 2.11. The van der Waals surface area contributed by atoms with Gasteiger partial charge in [-0.15, -0.1) is 24.0 Å². The van der Waals surface area contributed by atoms with Crippen LogP contribution in [0.15, 0.2) is 42.0 Å². The predicted molar refractivity (Wildman–Crippen MR) is 102 cm³/mol. The Kier molecular flexibility index (Phi) is 6.82. The molecule has 2 aromatic heterocycles. The summed E-state index contributed by atoms with van der Waals surface area (Å²) in [6.45, 7) is 2.55. The molecule has 1 fully saturated rings. The molecule has 7 heteroatoms. The van der Waals surface area contributed by atoms with Gasteiger partial charge in [0.1, 0.15) is 12.1 Å². The minimum Gasteiger partial charge on any atom is -0.370 e. The first kappa shape index (κ1) is 17.7. The summed E-state index contributed by atoms with van der Waals surface area (Å²) >= 11 is 0. The minimum atomic E-state index is 0. The average Bonchev–Trinajstić information content (AvgIpc) is 2.95. The van der Waals surface area contributed by atoms with Crippen molar-refractivity contribution in [1.82, 2.24) is 19.4 Å². The van der Waals surface area contributed by atoms with E-state index >= 15 is 0 Å². The van der Waals surface area contributed by atoms with E-state index in [1.165, 1.54) is 25.7 Å². The highest BCUT2D eigenvalue weighted by atomic mass is 127. The summed E-state index contributed by atoms with van der Waals surface area (Å²) in [6.07, 6.45) is 12.1. The van der Waals surface area contributed by atoms with Gasteiger partial charge in [-0.25, -0.2) is 15.0 Å². The molecule has 3 heterocycles. The van der Waals surface area contributed by atoms with E-state index in [0.29, 0.717) is 12.5 Å². The molecular formula is C16H23IN6. The fourth-order valence-corrected chi connectivity index (χ4v) is 2.74. The smallest absolute Gasteiger partial charge is 0.191 e. The van der Waals surface area contributed by atoms with E-state index in [2.05, 4.69) is 19.9 Å². The van der Waals surface area contributed by atoms with Crippen LogP contribution in [-0.4, -0.2) is 38.5 Å². The lowest BCUT2D eigenvalue weighted by atomic mass is 10.2. The number of rotatable bonds is 3. The van der Waals surface area contributed by atoms with E-state index in [-0.39, 0.29) is 24.0 Å². The fourth-order valence-electron chi connectivity index (χ4n) is 2.74. The molecule has 1 aliphatic rings. The van der Waals surface area contributed by atoms with Crippen LogP contribution in [0.5, 0.6) is 0 Å². The van der Waals surface area contributed by atoms with Crippen molar-refractivity contribution in [2.45, 2.75) is 32.2 Å². The third-order valence-electron chi connectivity index (χ3n) is 3.96. The Morgan fingerprint density at radius 2 is 1.96 bits per heavy atom. The molecule has 0 aromatic carbocycles. The molecule has 0 amide bonds. The number of imidazole rings is 1. The average molecular weight is 426 g/mol. The number of hydrogen-bond acceptors (Lipinski definition) is 3. The molecule has 124 valence electrons. The van der Waals surface area contributed by atoms with Gasteiger partial charge in [-0.05, 0) is 18.9 Å². The molecule has 6 nitrogen and oxygen atoms in total. The van der Waals surface area contributed by atoms with Crippen molar-refractivity contribution < 1.29 is 0 Å². The standard InChI is InChI=1S/C16H22N6.HI/c17-16(21-9-3-1-2-4-10-21)20-12-14-6-5-7-19-15(14)22-11-8-18-13-22;/h5-8,11,13H,1-4,9-10,12H2,(H2,17,20);1H. The van der Waals surface area contributed by atoms with Crippen molar-refractivity contribution in [2.75, 3.05) is 13.1 Å². The molecule has 2 N–H and O–H groups in total. The first-order valence-corrected chi connectivity index (χ1v) is 7.82. The van der Waals surface area contributed by atoms with Crippen molar-refractivity contribution in [3.63, 3.8) is 0 Å². The topological polar surface area (TPSA) is 72.3 Å². The monoisotopic (exact) mass is 426 g/mol. The zero-order valence-corrected chi connectivity index (χ0v) is 15.5. The Morgan fingerprint density at radius 3 is 2.65 bits per heavy atom. The predicted octanol–water partition coefficient (Wildman–Crippen LogP) is 2.58. The SMILES string of the molecule is I.NC(=NCc1cccnc1-n1ccnc1)N1CCCCCC1. The van der Waals surface area contributed by atoms with Gasteiger partial charge in [-0.3, -0.25) is 4.57 Å². The van der Waals surface area contributed by atoms with Crippen molar-refractivity contribution in [3.05, 3.63) is 42.6 Å². The van der Waals surface area contributed by atoms with E-state index in [9.17, 15) is 0 Å². The zero-order chi connectivity index (χ0) is 15.2. The van der Waals surface area contributed by atoms with E-state index in [4.69, 9.17) is 5.73 Å². The molecule has 3 rings (SSSR count). The van der Waals surface area contributed by atoms with Crippen LogP contribution >= 0.6 is 24.0 Å². The zero-order valence-electron chi connectivity index (χ0n) is 13.1. The van der Waals surface area contributed by atoms with Gasteiger partial charge in [-0.1, -0.05) is 18.9 Å². The van der Waals surface area contributed by atoms with Gasteiger partial charge < -0.3 is 10.6 Å². The first-order valence-electron chi connectivity index (χ1n) is 7.82. The van der Waals surface area contributed by atoms with Crippen LogP contribution in [0.3, 0.4) is 0 Å². The van der Waals surface area contributed by atoms with Gasteiger partial charge >= 0.3 is 0 Å². The van der Waals surface area contributed by atoms with Crippen molar-refractivity contribution in [1.29, 1.82) is 0 Å². The highest BCUT2D eigenvalue weighted by molar-refractivity contribution is 14.0. The Labute approximate surface area is 153 Å². The van der Waals surface area contributed by atoms with Crippen LogP contribution in [-0.2, 0) is 6.54 Å². The lowest BCUT2D eigenvalue weighted by molar-refractivity contribution is 0.428. The summed E-state index contributed by atoms with van der Waals surface area (Å²) in [4.78, 5) is 15.3. The second kappa shape index (κ2) is 8.85. The molecule has 0 spiro atoms. The highest BCUT2D eigenvalue weighted by Crippen LogP contribution is 2.13. The Balaban J connectivity index is 0.00000192. The largest absolute Gasteiger partial charge is 0.370 e. The molecular weight excluding hydrogens is 403 g/mol. The second-order valence-electron chi connectivity index (χ2n) is 5.53. The van der Waals surface area contributed by atoms with Crippen LogP contribution in [0.2, 0.25) is 0 Å². The molecule has 2 aromatic rings. The third-order valence-corrected chi connectivity index (χ3v) is 3.96. The van der Waals surface area contributed by atoms with Crippen LogP contribution in [0.4, 0.5) is 0 Å². The number of aromatic nitrogens is 3. The molecule has 0 aliphatic carbocycles. The van der Waals surface area contributed by atoms with Gasteiger partial charge in [0, 0.05) is 37.2 Å². The van der Waals surface area contributed by atoms with Crippen LogP contribution in [0, 0.1) is 0 Å².